The molecule has 0 atom stereocenters. The highest BCUT2D eigenvalue weighted by Crippen LogP contribution is 2.18. The zero-order valence-corrected chi connectivity index (χ0v) is 15.8. The minimum atomic E-state index is -0.0775. The lowest BCUT2D eigenvalue weighted by Gasteiger charge is -2.33. The summed E-state index contributed by atoms with van der Waals surface area (Å²) in [6.45, 7) is 5.44. The number of rotatable bonds is 7. The highest BCUT2D eigenvalue weighted by Gasteiger charge is 2.27. The number of hydrogen-bond acceptors (Lipinski definition) is 4. The van der Waals surface area contributed by atoms with E-state index in [9.17, 15) is 9.59 Å². The second-order valence-electron chi connectivity index (χ2n) is 6.43. The smallest absolute Gasteiger partial charge is 0.309 e. The Balaban J connectivity index is 1.68. The van der Waals surface area contributed by atoms with Gasteiger partial charge in [-0.15, -0.1) is 0 Å². The van der Waals surface area contributed by atoms with Gasteiger partial charge in [-0.1, -0.05) is 6.07 Å². The van der Waals surface area contributed by atoms with Crippen LogP contribution in [-0.4, -0.2) is 54.7 Å². The number of piperidine rings is 1. The van der Waals surface area contributed by atoms with Crippen molar-refractivity contribution >= 4 is 11.9 Å². The number of likely N-dealkylation sites (tertiary alicyclic amines) is 1. The van der Waals surface area contributed by atoms with Gasteiger partial charge in [-0.05, 0) is 38.7 Å². The molecule has 0 aliphatic carbocycles. The van der Waals surface area contributed by atoms with E-state index in [-0.39, 0.29) is 17.4 Å². The van der Waals surface area contributed by atoms with Crippen molar-refractivity contribution in [2.45, 2.75) is 39.2 Å². The van der Waals surface area contributed by atoms with Gasteiger partial charge >= 0.3 is 5.97 Å². The molecule has 2 rings (SSSR count). The van der Waals surface area contributed by atoms with E-state index < -0.39 is 0 Å². The summed E-state index contributed by atoms with van der Waals surface area (Å²) in [7, 11) is 1.78. The molecule has 0 bridgehead atoms. The maximum Gasteiger partial charge on any atom is 0.309 e. The summed E-state index contributed by atoms with van der Waals surface area (Å²) in [5, 5.41) is 3.38. The first kappa shape index (κ1) is 20.0. The third-order valence-electron chi connectivity index (χ3n) is 4.63. The molecule has 1 aliphatic heterocycles. The van der Waals surface area contributed by atoms with Crippen molar-refractivity contribution in [1.82, 2.24) is 14.8 Å². The van der Waals surface area contributed by atoms with Gasteiger partial charge in [-0.3, -0.25) is 14.6 Å². The standard InChI is InChI=1S/C19H30N4O3/c1-3-26-18(25)16-9-14-23(15-10-16)19(20-2)21-11-5-7-13-22-12-6-4-8-17(22)24/h4,6,8,12,16H,3,5,7,9-11,13-15H2,1-2H3,(H,20,21). The fourth-order valence-corrected chi connectivity index (χ4v) is 3.17. The number of aromatic nitrogens is 1. The van der Waals surface area contributed by atoms with Crippen LogP contribution in [-0.2, 0) is 16.1 Å². The fourth-order valence-electron chi connectivity index (χ4n) is 3.17. The van der Waals surface area contributed by atoms with Gasteiger partial charge < -0.3 is 19.5 Å². The molecule has 0 spiro atoms. The van der Waals surface area contributed by atoms with Crippen LogP contribution in [0.2, 0.25) is 0 Å². The van der Waals surface area contributed by atoms with Gasteiger partial charge in [0.2, 0.25) is 5.56 Å². The molecule has 1 fully saturated rings. The summed E-state index contributed by atoms with van der Waals surface area (Å²) in [6.07, 6.45) is 5.31. The number of aliphatic imine (C=N–C) groups is 1. The molecular formula is C19H30N4O3. The van der Waals surface area contributed by atoms with Gasteiger partial charge in [-0.2, -0.15) is 0 Å². The van der Waals surface area contributed by atoms with Crippen LogP contribution in [0.1, 0.15) is 32.6 Å². The molecule has 0 amide bonds. The Morgan fingerprint density at radius 1 is 1.31 bits per heavy atom. The van der Waals surface area contributed by atoms with Crippen molar-refractivity contribution < 1.29 is 9.53 Å². The second kappa shape index (κ2) is 10.6. The number of esters is 1. The summed E-state index contributed by atoms with van der Waals surface area (Å²) in [5.41, 5.74) is 0.0424. The van der Waals surface area contributed by atoms with Gasteiger partial charge in [0.1, 0.15) is 0 Å². The maximum atomic E-state index is 11.8. The van der Waals surface area contributed by atoms with Gasteiger partial charge in [0, 0.05) is 45.5 Å². The largest absolute Gasteiger partial charge is 0.466 e. The van der Waals surface area contributed by atoms with Crippen molar-refractivity contribution in [2.24, 2.45) is 10.9 Å². The molecule has 2 heterocycles. The Hall–Kier alpha value is -2.31. The molecule has 26 heavy (non-hydrogen) atoms. The first-order valence-electron chi connectivity index (χ1n) is 9.43. The van der Waals surface area contributed by atoms with Crippen molar-refractivity contribution in [1.29, 1.82) is 0 Å². The Bertz CT molecular complexity index is 648. The molecule has 1 aromatic rings. The number of ether oxygens (including phenoxy) is 1. The van der Waals surface area contributed by atoms with Crippen molar-refractivity contribution in [2.75, 3.05) is 33.3 Å². The van der Waals surface area contributed by atoms with Crippen LogP contribution in [0, 0.1) is 5.92 Å². The quantitative estimate of drug-likeness (QED) is 0.344. The van der Waals surface area contributed by atoms with E-state index in [0.29, 0.717) is 6.61 Å². The number of aryl methyl sites for hydroxylation is 1. The Morgan fingerprint density at radius 2 is 2.08 bits per heavy atom. The summed E-state index contributed by atoms with van der Waals surface area (Å²) < 4.78 is 6.84. The maximum absolute atomic E-state index is 11.8. The molecular weight excluding hydrogens is 332 g/mol. The molecule has 0 aromatic carbocycles. The van der Waals surface area contributed by atoms with Crippen molar-refractivity contribution in [3.63, 3.8) is 0 Å². The number of guanidine groups is 1. The molecule has 1 aromatic heterocycles. The summed E-state index contributed by atoms with van der Waals surface area (Å²) in [4.78, 5) is 30.0. The molecule has 144 valence electrons. The van der Waals surface area contributed by atoms with E-state index in [1.165, 1.54) is 0 Å². The van der Waals surface area contributed by atoms with Gasteiger partial charge in [0.25, 0.3) is 0 Å². The number of hydrogen-bond donors (Lipinski definition) is 1. The van der Waals surface area contributed by atoms with Gasteiger partial charge in [0.05, 0.1) is 12.5 Å². The van der Waals surface area contributed by atoms with Crippen molar-refractivity contribution in [3.05, 3.63) is 34.7 Å². The molecule has 0 radical (unpaired) electrons. The molecule has 0 saturated carbocycles. The summed E-state index contributed by atoms with van der Waals surface area (Å²) in [5.74, 6) is 0.809. The fraction of sp³-hybridized carbons (Fsp3) is 0.632. The van der Waals surface area contributed by atoms with E-state index in [2.05, 4.69) is 15.2 Å². The highest BCUT2D eigenvalue weighted by atomic mass is 16.5. The molecule has 1 saturated heterocycles. The van der Waals surface area contributed by atoms with Crippen LogP contribution in [0.15, 0.2) is 34.2 Å². The normalized spacial score (nSPS) is 15.8. The zero-order chi connectivity index (χ0) is 18.8. The summed E-state index contributed by atoms with van der Waals surface area (Å²) >= 11 is 0. The lowest BCUT2D eigenvalue weighted by atomic mass is 9.97. The molecule has 1 N–H and O–H groups in total. The van der Waals surface area contributed by atoms with Crippen LogP contribution in [0.5, 0.6) is 0 Å². The number of nitrogens with zero attached hydrogens (tertiary/aromatic N) is 3. The number of carbonyl (C=O) groups is 1. The number of nitrogens with one attached hydrogen (secondary N) is 1. The highest BCUT2D eigenvalue weighted by molar-refractivity contribution is 5.80. The predicted octanol–water partition coefficient (Wildman–Crippen LogP) is 1.48. The van der Waals surface area contributed by atoms with E-state index in [1.807, 2.05) is 19.2 Å². The Kier molecular flexibility index (Phi) is 8.18. The molecule has 7 nitrogen and oxygen atoms in total. The lowest BCUT2D eigenvalue weighted by Crippen LogP contribution is -2.47. The first-order valence-corrected chi connectivity index (χ1v) is 9.43. The monoisotopic (exact) mass is 362 g/mol. The van der Waals surface area contributed by atoms with Gasteiger partial charge in [0.15, 0.2) is 5.96 Å². The van der Waals surface area contributed by atoms with E-state index in [1.54, 1.807) is 23.7 Å². The van der Waals surface area contributed by atoms with E-state index >= 15 is 0 Å². The lowest BCUT2D eigenvalue weighted by molar-refractivity contribution is -0.149. The van der Waals surface area contributed by atoms with Crippen LogP contribution >= 0.6 is 0 Å². The summed E-state index contributed by atoms with van der Waals surface area (Å²) in [6, 6.07) is 5.22. The molecule has 7 heteroatoms. The Morgan fingerprint density at radius 3 is 2.73 bits per heavy atom. The van der Waals surface area contributed by atoms with Crippen LogP contribution in [0.4, 0.5) is 0 Å². The SMILES string of the molecule is CCOC(=O)C1CCN(C(=NC)NCCCCn2ccccc2=O)CC1. The van der Waals surface area contributed by atoms with E-state index in [0.717, 1.165) is 57.8 Å². The van der Waals surface area contributed by atoms with Crippen molar-refractivity contribution in [3.8, 4) is 0 Å². The zero-order valence-electron chi connectivity index (χ0n) is 15.8. The van der Waals surface area contributed by atoms with Crippen LogP contribution < -0.4 is 10.9 Å². The number of pyridine rings is 1. The molecule has 1 aliphatic rings. The third-order valence-corrected chi connectivity index (χ3v) is 4.63. The number of carbonyl (C=O) groups excluding carboxylic acids is 1. The average molecular weight is 362 g/mol. The topological polar surface area (TPSA) is 75.9 Å². The Labute approximate surface area is 155 Å². The third kappa shape index (κ3) is 5.89. The molecule has 0 unspecified atom stereocenters. The minimum absolute atomic E-state index is 0.00786. The number of unbranched alkanes of at least 4 members (excludes halogenated alkanes) is 1. The average Bonchev–Trinajstić information content (AvgIpc) is 2.66. The van der Waals surface area contributed by atoms with Crippen LogP contribution in [0.25, 0.3) is 0 Å². The van der Waals surface area contributed by atoms with Gasteiger partial charge in [-0.25, -0.2) is 0 Å². The van der Waals surface area contributed by atoms with E-state index in [4.69, 9.17) is 4.74 Å². The second-order valence-corrected chi connectivity index (χ2v) is 6.43. The predicted molar refractivity (Wildman–Crippen MR) is 102 cm³/mol. The van der Waals surface area contributed by atoms with Crippen LogP contribution in [0.3, 0.4) is 0 Å². The first-order chi connectivity index (χ1) is 12.7. The minimum Gasteiger partial charge on any atom is -0.466 e.